The van der Waals surface area contributed by atoms with Crippen molar-refractivity contribution in [3.63, 3.8) is 0 Å². The number of thioether (sulfide) groups is 2. The number of carbonyl (C=O) groups excluding carboxylic acids is 3. The van der Waals surface area contributed by atoms with Crippen molar-refractivity contribution in [1.82, 2.24) is 0 Å². The van der Waals surface area contributed by atoms with Gasteiger partial charge in [0.05, 0.1) is 13.0 Å². The monoisotopic (exact) mass is 488 g/mol. The van der Waals surface area contributed by atoms with Gasteiger partial charge in [-0.1, -0.05) is 37.8 Å². The van der Waals surface area contributed by atoms with E-state index in [1.807, 2.05) is 12.5 Å². The Labute approximate surface area is 202 Å². The molecule has 6 nitrogen and oxygen atoms in total. The lowest BCUT2D eigenvalue weighted by Gasteiger charge is -2.27. The van der Waals surface area contributed by atoms with E-state index in [-0.39, 0.29) is 18.9 Å². The molecule has 33 heavy (non-hydrogen) atoms. The molecule has 0 aliphatic carbocycles. The van der Waals surface area contributed by atoms with Gasteiger partial charge in [0, 0.05) is 27.3 Å². The minimum Gasteiger partial charge on any atom is -0.462 e. The van der Waals surface area contributed by atoms with Gasteiger partial charge >= 0.3 is 11.9 Å². The van der Waals surface area contributed by atoms with E-state index in [2.05, 4.69) is 6.58 Å². The summed E-state index contributed by atoms with van der Waals surface area (Å²) in [6, 6.07) is 13.8. The highest BCUT2D eigenvalue weighted by Gasteiger charge is 2.40. The van der Waals surface area contributed by atoms with Crippen LogP contribution in [0, 0.1) is 5.92 Å². The first kappa shape index (κ1) is 26.7. The summed E-state index contributed by atoms with van der Waals surface area (Å²) >= 11 is 3.08. The Hall–Kier alpha value is -2.55. The van der Waals surface area contributed by atoms with E-state index in [9.17, 15) is 19.5 Å². The third-order valence-corrected chi connectivity index (χ3v) is 6.42. The van der Waals surface area contributed by atoms with Crippen LogP contribution in [0.1, 0.15) is 29.3 Å². The maximum Gasteiger partial charge on any atom is 0.330 e. The zero-order chi connectivity index (χ0) is 24.4. The molecule has 2 aromatic rings. The van der Waals surface area contributed by atoms with Crippen LogP contribution in [0.25, 0.3) is 0 Å². The van der Waals surface area contributed by atoms with Crippen molar-refractivity contribution in [2.75, 3.05) is 25.7 Å². The summed E-state index contributed by atoms with van der Waals surface area (Å²) in [6.45, 7) is 4.54. The molecule has 2 unspecified atom stereocenters. The molecule has 2 atom stereocenters. The van der Waals surface area contributed by atoms with Crippen LogP contribution in [-0.2, 0) is 24.7 Å². The lowest BCUT2D eigenvalue weighted by molar-refractivity contribution is -0.152. The topological polar surface area (TPSA) is 89.9 Å². The van der Waals surface area contributed by atoms with Gasteiger partial charge in [0.1, 0.15) is 6.61 Å². The Kier molecular flexibility index (Phi) is 10.2. The van der Waals surface area contributed by atoms with Crippen molar-refractivity contribution >= 4 is 41.2 Å². The number of aliphatic hydroxyl groups is 1. The fourth-order valence-corrected chi connectivity index (χ4v) is 3.82. The molecule has 1 N–H and O–H groups in total. The minimum absolute atomic E-state index is 0.0289. The molecule has 0 fully saturated rings. The van der Waals surface area contributed by atoms with Gasteiger partial charge in [-0.2, -0.15) is 0 Å². The molecular formula is C25H28O6S2. The van der Waals surface area contributed by atoms with Crippen LogP contribution in [0.15, 0.2) is 71.0 Å². The van der Waals surface area contributed by atoms with Crippen molar-refractivity contribution in [1.29, 1.82) is 0 Å². The maximum absolute atomic E-state index is 13.3. The molecule has 0 spiro atoms. The number of esters is 2. The van der Waals surface area contributed by atoms with E-state index in [0.717, 1.165) is 15.9 Å². The van der Waals surface area contributed by atoms with Crippen LogP contribution in [0.4, 0.5) is 0 Å². The number of rotatable bonds is 12. The van der Waals surface area contributed by atoms with Crippen LogP contribution in [0.3, 0.4) is 0 Å². The van der Waals surface area contributed by atoms with E-state index >= 15 is 0 Å². The normalized spacial score (nSPS) is 13.5. The van der Waals surface area contributed by atoms with Crippen LogP contribution in [0.5, 0.6) is 0 Å². The van der Waals surface area contributed by atoms with Gasteiger partial charge in [0.2, 0.25) is 5.78 Å². The fourth-order valence-electron chi connectivity index (χ4n) is 3.00. The number of hydrogen-bond acceptors (Lipinski definition) is 8. The maximum atomic E-state index is 13.3. The number of benzene rings is 2. The zero-order valence-electron chi connectivity index (χ0n) is 18.9. The molecule has 176 valence electrons. The Bertz CT molecular complexity index is 971. The molecule has 0 radical (unpaired) electrons. The van der Waals surface area contributed by atoms with Gasteiger partial charge in [0.25, 0.3) is 0 Å². The van der Waals surface area contributed by atoms with Crippen molar-refractivity contribution in [3.05, 3.63) is 72.3 Å². The van der Waals surface area contributed by atoms with Crippen molar-refractivity contribution < 1.29 is 29.0 Å². The van der Waals surface area contributed by atoms with E-state index in [0.29, 0.717) is 11.1 Å². The molecule has 2 aromatic carbocycles. The van der Waals surface area contributed by atoms with Gasteiger partial charge in [-0.3, -0.25) is 9.59 Å². The highest BCUT2D eigenvalue weighted by atomic mass is 32.2. The van der Waals surface area contributed by atoms with Gasteiger partial charge in [-0.05, 0) is 42.3 Å². The summed E-state index contributed by atoms with van der Waals surface area (Å²) in [7, 11) is 0. The van der Waals surface area contributed by atoms with Crippen LogP contribution < -0.4 is 0 Å². The highest BCUT2D eigenvalue weighted by molar-refractivity contribution is 7.98. The molecule has 0 aromatic heterocycles. The summed E-state index contributed by atoms with van der Waals surface area (Å²) in [5.41, 5.74) is -1.41. The Morgan fingerprint density at radius 3 is 2.06 bits per heavy atom. The smallest absolute Gasteiger partial charge is 0.330 e. The first-order chi connectivity index (χ1) is 15.7. The quantitative estimate of drug-likeness (QED) is 0.202. The second-order valence-electron chi connectivity index (χ2n) is 7.45. The average Bonchev–Trinajstić information content (AvgIpc) is 2.85. The van der Waals surface area contributed by atoms with Crippen LogP contribution in [0.2, 0.25) is 0 Å². The number of ether oxygens (including phenoxy) is 2. The fraction of sp³-hybridized carbons (Fsp3) is 0.320. The third-order valence-electron chi connectivity index (χ3n) is 4.93. The Morgan fingerprint density at radius 2 is 1.55 bits per heavy atom. The van der Waals surface area contributed by atoms with E-state index in [4.69, 9.17) is 9.47 Å². The van der Waals surface area contributed by atoms with Crippen LogP contribution >= 0.6 is 23.5 Å². The summed E-state index contributed by atoms with van der Waals surface area (Å²) < 4.78 is 10.3. The lowest BCUT2D eigenvalue weighted by Crippen LogP contribution is -2.41. The summed E-state index contributed by atoms with van der Waals surface area (Å²) in [5.74, 6) is -2.05. The Balaban J connectivity index is 2.19. The highest BCUT2D eigenvalue weighted by Crippen LogP contribution is 2.29. The molecule has 8 heteroatoms. The molecule has 0 saturated carbocycles. The molecule has 0 aliphatic heterocycles. The molecule has 0 amide bonds. The van der Waals surface area contributed by atoms with Gasteiger partial charge in [0.15, 0.2) is 5.60 Å². The third kappa shape index (κ3) is 7.48. The molecule has 0 heterocycles. The molecule has 0 aliphatic rings. The molecule has 0 bridgehead atoms. The lowest BCUT2D eigenvalue weighted by atomic mass is 9.86. The summed E-state index contributed by atoms with van der Waals surface area (Å²) in [6.07, 6.45) is 4.86. The second-order valence-corrected chi connectivity index (χ2v) is 9.21. The average molecular weight is 489 g/mol. The van der Waals surface area contributed by atoms with Gasteiger partial charge in [-0.25, -0.2) is 4.79 Å². The number of Topliss-reactive ketones (excluding diaryl/α,β-unsaturated/α-hetero) is 1. The summed E-state index contributed by atoms with van der Waals surface area (Å²) in [4.78, 5) is 38.9. The van der Waals surface area contributed by atoms with Crippen LogP contribution in [-0.4, -0.2) is 48.6 Å². The standard InChI is InChI=1S/C25H28O6S2/c1-5-22(26)30-15-17(2)14-23(27)31-16-25(29,19-8-12-21(33-4)13-9-19)24(28)18-6-10-20(32-3)11-7-18/h5-13,17,29H,1,14-16H2,2-4H3. The first-order valence-electron chi connectivity index (χ1n) is 10.2. The van der Waals surface area contributed by atoms with Crippen molar-refractivity contribution in [2.45, 2.75) is 28.7 Å². The SMILES string of the molecule is C=CC(=O)OCC(C)CC(=O)OCC(O)(C(=O)c1ccc(SC)cc1)c1ccc(SC)cc1. The van der Waals surface area contributed by atoms with Gasteiger partial charge in [-0.15, -0.1) is 23.5 Å². The predicted octanol–water partition coefficient (Wildman–Crippen LogP) is 4.50. The van der Waals surface area contributed by atoms with Crippen molar-refractivity contribution in [3.8, 4) is 0 Å². The van der Waals surface area contributed by atoms with E-state index in [1.165, 1.54) is 11.8 Å². The van der Waals surface area contributed by atoms with Gasteiger partial charge < -0.3 is 14.6 Å². The summed E-state index contributed by atoms with van der Waals surface area (Å²) in [5, 5.41) is 11.5. The number of carbonyl (C=O) groups is 3. The number of ketones is 1. The van der Waals surface area contributed by atoms with Crippen molar-refractivity contribution in [2.24, 2.45) is 5.92 Å². The minimum atomic E-state index is -2.05. The Morgan fingerprint density at radius 1 is 1.00 bits per heavy atom. The largest absolute Gasteiger partial charge is 0.462 e. The van der Waals surface area contributed by atoms with E-state index in [1.54, 1.807) is 67.2 Å². The molecule has 2 rings (SSSR count). The first-order valence-corrected chi connectivity index (χ1v) is 12.7. The zero-order valence-corrected chi connectivity index (χ0v) is 20.5. The predicted molar refractivity (Wildman–Crippen MR) is 131 cm³/mol. The number of hydrogen-bond donors (Lipinski definition) is 1. The molecular weight excluding hydrogens is 460 g/mol. The molecule has 0 saturated heterocycles. The van der Waals surface area contributed by atoms with E-state index < -0.39 is 29.9 Å². The second kappa shape index (κ2) is 12.6.